The number of para-hydroxylation sites is 1. The van der Waals surface area contributed by atoms with Crippen LogP contribution in [0.4, 0.5) is 5.69 Å². The molecule has 2 bridgehead atoms. The number of nitrogens with zero attached hydrogens (tertiary/aromatic N) is 3. The highest BCUT2D eigenvalue weighted by Gasteiger charge is 2.32. The molecule has 2 aliphatic heterocycles. The van der Waals surface area contributed by atoms with Gasteiger partial charge in [-0.3, -0.25) is 14.5 Å². The summed E-state index contributed by atoms with van der Waals surface area (Å²) < 4.78 is 0. The summed E-state index contributed by atoms with van der Waals surface area (Å²) in [4.78, 5) is 32.9. The Balaban J connectivity index is 1.62. The van der Waals surface area contributed by atoms with E-state index >= 15 is 0 Å². The second-order valence-corrected chi connectivity index (χ2v) is 10.1. The van der Waals surface area contributed by atoms with Crippen molar-refractivity contribution in [2.75, 3.05) is 25.0 Å². The number of halogens is 1. The number of likely N-dealkylation sites (N-methyl/N-ethyl adjacent to an activating group) is 1. The third-order valence-electron chi connectivity index (χ3n) is 7.48. The number of rotatable bonds is 4. The Kier molecular flexibility index (Phi) is 8.28. The normalized spacial score (nSPS) is 21.5. The van der Waals surface area contributed by atoms with Crippen LogP contribution in [0.25, 0.3) is 0 Å². The number of piperidine rings is 1. The van der Waals surface area contributed by atoms with Crippen molar-refractivity contribution in [1.29, 1.82) is 0 Å². The van der Waals surface area contributed by atoms with Crippen LogP contribution in [0.3, 0.4) is 0 Å². The first-order chi connectivity index (χ1) is 16.5. The Bertz CT molecular complexity index is 993. The molecule has 182 valence electrons. The SMILES string of the molecule is CCC(=O)N1CCC2CCCC(CN(C(=O)CCc3ccc(Cl)cc3)Cc3ccccc31)N2C. The van der Waals surface area contributed by atoms with Crippen LogP contribution in [-0.2, 0) is 22.6 Å². The lowest BCUT2D eigenvalue weighted by Gasteiger charge is -2.42. The van der Waals surface area contributed by atoms with Crippen LogP contribution in [0.1, 0.15) is 56.6 Å². The molecule has 2 atom stereocenters. The first-order valence-electron chi connectivity index (χ1n) is 12.6. The van der Waals surface area contributed by atoms with E-state index in [2.05, 4.69) is 18.0 Å². The van der Waals surface area contributed by atoms with E-state index in [9.17, 15) is 9.59 Å². The number of fused-ring (bicyclic) bond motifs is 3. The van der Waals surface area contributed by atoms with Gasteiger partial charge in [0.1, 0.15) is 0 Å². The fourth-order valence-electron chi connectivity index (χ4n) is 5.39. The lowest BCUT2D eigenvalue weighted by atomic mass is 9.93. The maximum atomic E-state index is 13.5. The van der Waals surface area contributed by atoms with Gasteiger partial charge in [-0.05, 0) is 62.1 Å². The van der Waals surface area contributed by atoms with Crippen LogP contribution in [0, 0.1) is 0 Å². The third-order valence-corrected chi connectivity index (χ3v) is 7.74. The van der Waals surface area contributed by atoms with Crippen LogP contribution >= 0.6 is 11.6 Å². The van der Waals surface area contributed by atoms with Crippen molar-refractivity contribution in [3.05, 3.63) is 64.7 Å². The van der Waals surface area contributed by atoms with Crippen molar-refractivity contribution < 1.29 is 9.59 Å². The van der Waals surface area contributed by atoms with E-state index in [0.717, 1.165) is 49.2 Å². The van der Waals surface area contributed by atoms with E-state index in [4.69, 9.17) is 11.6 Å². The smallest absolute Gasteiger partial charge is 0.226 e. The second kappa shape index (κ2) is 11.4. The van der Waals surface area contributed by atoms with Crippen molar-refractivity contribution in [3.8, 4) is 0 Å². The van der Waals surface area contributed by atoms with Gasteiger partial charge in [0.25, 0.3) is 0 Å². The summed E-state index contributed by atoms with van der Waals surface area (Å²) in [5.74, 6) is 0.301. The quantitative estimate of drug-likeness (QED) is 0.595. The molecule has 0 saturated carbocycles. The molecule has 6 heteroatoms. The van der Waals surface area contributed by atoms with Crippen LogP contribution in [-0.4, -0.2) is 53.8 Å². The number of amides is 2. The lowest BCUT2D eigenvalue weighted by molar-refractivity contribution is -0.133. The first kappa shape index (κ1) is 24.7. The van der Waals surface area contributed by atoms with Gasteiger partial charge in [-0.15, -0.1) is 0 Å². The van der Waals surface area contributed by atoms with Gasteiger partial charge in [-0.25, -0.2) is 0 Å². The summed E-state index contributed by atoms with van der Waals surface area (Å²) >= 11 is 6.02. The van der Waals surface area contributed by atoms with Crippen LogP contribution in [0.5, 0.6) is 0 Å². The van der Waals surface area contributed by atoms with Gasteiger partial charge in [0.2, 0.25) is 11.8 Å². The van der Waals surface area contributed by atoms with E-state index in [1.54, 1.807) is 0 Å². The number of carbonyl (C=O) groups is 2. The number of carbonyl (C=O) groups excluding carboxylic acids is 2. The van der Waals surface area contributed by atoms with Gasteiger partial charge < -0.3 is 9.80 Å². The predicted molar refractivity (Wildman–Crippen MR) is 138 cm³/mol. The van der Waals surface area contributed by atoms with E-state index in [1.165, 1.54) is 6.42 Å². The number of anilines is 1. The first-order valence-corrected chi connectivity index (χ1v) is 13.0. The lowest BCUT2D eigenvalue weighted by Crippen LogP contribution is -2.50. The second-order valence-electron chi connectivity index (χ2n) is 9.62. The molecule has 5 nitrogen and oxygen atoms in total. The van der Waals surface area contributed by atoms with Gasteiger partial charge in [0, 0.05) is 55.3 Å². The summed E-state index contributed by atoms with van der Waals surface area (Å²) in [7, 11) is 2.20. The predicted octanol–water partition coefficient (Wildman–Crippen LogP) is 5.30. The Morgan fingerprint density at radius 2 is 1.71 bits per heavy atom. The molecule has 2 aromatic carbocycles. The molecule has 2 aromatic rings. The van der Waals surface area contributed by atoms with Crippen LogP contribution in [0.2, 0.25) is 5.02 Å². The number of hydrogen-bond donors (Lipinski definition) is 0. The highest BCUT2D eigenvalue weighted by molar-refractivity contribution is 6.30. The van der Waals surface area contributed by atoms with E-state index in [1.807, 2.05) is 59.2 Å². The molecule has 0 N–H and O–H groups in total. The van der Waals surface area contributed by atoms with Crippen molar-refractivity contribution in [2.45, 2.75) is 70.5 Å². The minimum absolute atomic E-state index is 0.141. The molecule has 2 unspecified atom stereocenters. The zero-order chi connectivity index (χ0) is 24.1. The number of hydrogen-bond acceptors (Lipinski definition) is 3. The fourth-order valence-corrected chi connectivity index (χ4v) is 5.52. The molecule has 1 fully saturated rings. The van der Waals surface area contributed by atoms with E-state index in [0.29, 0.717) is 42.9 Å². The van der Waals surface area contributed by atoms with Gasteiger partial charge in [-0.2, -0.15) is 0 Å². The summed E-state index contributed by atoms with van der Waals surface area (Å²) in [6, 6.07) is 16.6. The summed E-state index contributed by atoms with van der Waals surface area (Å²) in [5.41, 5.74) is 3.11. The average molecular weight is 482 g/mol. The topological polar surface area (TPSA) is 43.9 Å². The van der Waals surface area contributed by atoms with Crippen molar-refractivity contribution in [1.82, 2.24) is 9.80 Å². The van der Waals surface area contributed by atoms with Crippen LogP contribution < -0.4 is 4.90 Å². The average Bonchev–Trinajstić information content (AvgIpc) is 2.86. The molecule has 2 aliphatic rings. The molecular weight excluding hydrogens is 446 g/mol. The van der Waals surface area contributed by atoms with Crippen molar-refractivity contribution in [3.63, 3.8) is 0 Å². The Labute approximate surface area is 208 Å². The molecule has 0 aromatic heterocycles. The maximum Gasteiger partial charge on any atom is 0.226 e. The molecule has 1 saturated heterocycles. The van der Waals surface area contributed by atoms with Gasteiger partial charge in [0.15, 0.2) is 0 Å². The molecule has 2 heterocycles. The molecule has 34 heavy (non-hydrogen) atoms. The fraction of sp³-hybridized carbons (Fsp3) is 0.500. The number of aryl methyl sites for hydroxylation is 1. The molecule has 0 radical (unpaired) electrons. The Morgan fingerprint density at radius 1 is 0.971 bits per heavy atom. The summed E-state index contributed by atoms with van der Waals surface area (Å²) in [5, 5.41) is 0.708. The zero-order valence-corrected chi connectivity index (χ0v) is 21.1. The largest absolute Gasteiger partial charge is 0.337 e. The Morgan fingerprint density at radius 3 is 2.47 bits per heavy atom. The standard InChI is InChI=1S/C28H36ClN3O2/c1-3-27(33)32-18-17-24-8-6-9-25(30(24)2)20-31(19-22-7-4-5-10-26(22)32)28(34)16-13-21-11-14-23(29)15-12-21/h4-5,7,10-12,14-15,24-25H,3,6,8-9,13,16-20H2,1-2H3. The summed E-state index contributed by atoms with van der Waals surface area (Å²) in [6.45, 7) is 3.89. The van der Waals surface area contributed by atoms with Crippen molar-refractivity contribution in [2.24, 2.45) is 0 Å². The minimum Gasteiger partial charge on any atom is -0.337 e. The van der Waals surface area contributed by atoms with Gasteiger partial charge in [0.05, 0.1) is 0 Å². The maximum absolute atomic E-state index is 13.5. The molecule has 0 spiro atoms. The highest BCUT2D eigenvalue weighted by atomic mass is 35.5. The Hall–Kier alpha value is -2.37. The number of benzene rings is 2. The third kappa shape index (κ3) is 5.81. The van der Waals surface area contributed by atoms with E-state index < -0.39 is 0 Å². The summed E-state index contributed by atoms with van der Waals surface area (Å²) in [6.07, 6.45) is 6.00. The monoisotopic (exact) mass is 481 g/mol. The van der Waals surface area contributed by atoms with E-state index in [-0.39, 0.29) is 11.8 Å². The minimum atomic E-state index is 0.141. The highest BCUT2D eigenvalue weighted by Crippen LogP contribution is 2.30. The van der Waals surface area contributed by atoms with Crippen LogP contribution in [0.15, 0.2) is 48.5 Å². The molecule has 4 rings (SSSR count). The molecule has 2 amide bonds. The van der Waals surface area contributed by atoms with Gasteiger partial charge in [-0.1, -0.05) is 55.3 Å². The molecule has 0 aliphatic carbocycles. The van der Waals surface area contributed by atoms with Crippen molar-refractivity contribution >= 4 is 29.1 Å². The van der Waals surface area contributed by atoms with Gasteiger partial charge >= 0.3 is 0 Å². The molecular formula is C28H36ClN3O2. The zero-order valence-electron chi connectivity index (χ0n) is 20.4.